The molecule has 0 N–H and O–H groups in total. The number of hydrogen-bond acceptors (Lipinski definition) is 2. The predicted octanol–water partition coefficient (Wildman–Crippen LogP) is 3.05. The first kappa shape index (κ1) is 9.36. The van der Waals surface area contributed by atoms with Crippen molar-refractivity contribution in [3.8, 4) is 11.3 Å². The van der Waals surface area contributed by atoms with E-state index >= 15 is 0 Å². The van der Waals surface area contributed by atoms with Gasteiger partial charge in [-0.1, -0.05) is 23.7 Å². The largest absolute Gasteiger partial charge is 0.297 e. The zero-order chi connectivity index (χ0) is 11.0. The van der Waals surface area contributed by atoms with E-state index in [4.69, 9.17) is 11.6 Å². The summed E-state index contributed by atoms with van der Waals surface area (Å²) < 4.78 is 2.00. The molecule has 3 nitrogen and oxygen atoms in total. The number of nitrogens with zero attached hydrogens (tertiary/aromatic N) is 3. The molecule has 0 aliphatic carbocycles. The average molecular weight is 230 g/mol. The van der Waals surface area contributed by atoms with Gasteiger partial charge in [-0.2, -0.15) is 0 Å². The molecule has 0 bridgehead atoms. The van der Waals surface area contributed by atoms with Crippen LogP contribution in [0.3, 0.4) is 0 Å². The second kappa shape index (κ2) is 3.61. The normalized spacial score (nSPS) is 10.8. The summed E-state index contributed by atoms with van der Waals surface area (Å²) in [6.45, 7) is 0. The summed E-state index contributed by atoms with van der Waals surface area (Å²) in [5, 5.41) is 0.735. The van der Waals surface area contributed by atoms with Crippen molar-refractivity contribution >= 4 is 17.2 Å². The van der Waals surface area contributed by atoms with Crippen molar-refractivity contribution in [2.24, 2.45) is 0 Å². The molecule has 0 amide bonds. The van der Waals surface area contributed by atoms with Crippen LogP contribution in [0.1, 0.15) is 0 Å². The van der Waals surface area contributed by atoms with Crippen LogP contribution in [0.15, 0.2) is 49.1 Å². The maximum Gasteiger partial charge on any atom is 0.155 e. The molecular weight excluding hydrogens is 222 g/mol. The molecular formula is C12H8ClN3. The molecule has 0 aliphatic heterocycles. The summed E-state index contributed by atoms with van der Waals surface area (Å²) in [5.74, 6) is 0. The minimum absolute atomic E-state index is 0.735. The number of hydrogen-bond donors (Lipinski definition) is 0. The van der Waals surface area contributed by atoms with Crippen LogP contribution in [0.25, 0.3) is 16.9 Å². The highest BCUT2D eigenvalue weighted by atomic mass is 35.5. The third-order valence-corrected chi connectivity index (χ3v) is 2.71. The standard InChI is InChI=1S/C12H8ClN3/c13-10-3-1-9(2-4-10)11-7-15-12-8-14-5-6-16(11)12/h1-8H. The third-order valence-electron chi connectivity index (χ3n) is 2.46. The van der Waals surface area contributed by atoms with Crippen LogP contribution >= 0.6 is 11.6 Å². The van der Waals surface area contributed by atoms with E-state index in [1.54, 1.807) is 12.4 Å². The lowest BCUT2D eigenvalue weighted by atomic mass is 10.2. The Morgan fingerprint density at radius 2 is 1.88 bits per heavy atom. The van der Waals surface area contributed by atoms with Gasteiger partial charge in [0.15, 0.2) is 5.65 Å². The number of halogens is 1. The Kier molecular flexibility index (Phi) is 2.11. The van der Waals surface area contributed by atoms with Crippen LogP contribution in [0.5, 0.6) is 0 Å². The fourth-order valence-electron chi connectivity index (χ4n) is 1.68. The average Bonchev–Trinajstić information content (AvgIpc) is 2.74. The van der Waals surface area contributed by atoms with E-state index < -0.39 is 0 Å². The van der Waals surface area contributed by atoms with E-state index in [0.29, 0.717) is 0 Å². The van der Waals surface area contributed by atoms with Crippen LogP contribution in [-0.4, -0.2) is 14.4 Å². The molecule has 3 aromatic rings. The van der Waals surface area contributed by atoms with Gasteiger partial charge in [-0.3, -0.25) is 9.38 Å². The highest BCUT2D eigenvalue weighted by Crippen LogP contribution is 2.21. The van der Waals surface area contributed by atoms with Crippen molar-refractivity contribution in [1.29, 1.82) is 0 Å². The Labute approximate surface area is 97.3 Å². The van der Waals surface area contributed by atoms with Crippen LogP contribution in [0.4, 0.5) is 0 Å². The number of imidazole rings is 1. The summed E-state index contributed by atoms with van der Waals surface area (Å²) in [4.78, 5) is 8.31. The van der Waals surface area contributed by atoms with E-state index in [-0.39, 0.29) is 0 Å². The van der Waals surface area contributed by atoms with Gasteiger partial charge in [0.2, 0.25) is 0 Å². The topological polar surface area (TPSA) is 30.2 Å². The fraction of sp³-hybridized carbons (Fsp3) is 0. The molecule has 0 saturated carbocycles. The van der Waals surface area contributed by atoms with E-state index in [2.05, 4.69) is 9.97 Å². The minimum atomic E-state index is 0.735. The van der Waals surface area contributed by atoms with E-state index in [9.17, 15) is 0 Å². The molecule has 0 fully saturated rings. The number of aromatic nitrogens is 3. The molecule has 0 radical (unpaired) electrons. The van der Waals surface area contributed by atoms with Crippen molar-refractivity contribution in [1.82, 2.24) is 14.4 Å². The van der Waals surface area contributed by atoms with Crippen molar-refractivity contribution < 1.29 is 0 Å². The first-order valence-electron chi connectivity index (χ1n) is 4.87. The Morgan fingerprint density at radius 1 is 1.06 bits per heavy atom. The summed E-state index contributed by atoms with van der Waals surface area (Å²) in [6.07, 6.45) is 7.21. The summed E-state index contributed by atoms with van der Waals surface area (Å²) in [7, 11) is 0. The predicted molar refractivity (Wildman–Crippen MR) is 63.4 cm³/mol. The zero-order valence-corrected chi connectivity index (χ0v) is 9.09. The highest BCUT2D eigenvalue weighted by Gasteiger charge is 2.04. The molecule has 2 heterocycles. The number of benzene rings is 1. The number of rotatable bonds is 1. The van der Waals surface area contributed by atoms with Gasteiger partial charge in [0.1, 0.15) is 0 Å². The lowest BCUT2D eigenvalue weighted by Gasteiger charge is -2.01. The van der Waals surface area contributed by atoms with Crippen LogP contribution in [-0.2, 0) is 0 Å². The van der Waals surface area contributed by atoms with Gasteiger partial charge in [0.25, 0.3) is 0 Å². The molecule has 1 aromatic carbocycles. The molecule has 78 valence electrons. The van der Waals surface area contributed by atoms with Crippen LogP contribution < -0.4 is 0 Å². The molecule has 0 spiro atoms. The monoisotopic (exact) mass is 229 g/mol. The fourth-order valence-corrected chi connectivity index (χ4v) is 1.80. The highest BCUT2D eigenvalue weighted by molar-refractivity contribution is 6.30. The molecule has 3 rings (SSSR count). The Bertz CT molecular complexity index is 628. The van der Waals surface area contributed by atoms with Gasteiger partial charge in [-0.25, -0.2) is 4.98 Å². The van der Waals surface area contributed by atoms with Crippen LogP contribution in [0.2, 0.25) is 5.02 Å². The zero-order valence-electron chi connectivity index (χ0n) is 8.34. The maximum absolute atomic E-state index is 5.86. The minimum Gasteiger partial charge on any atom is -0.297 e. The van der Waals surface area contributed by atoms with Crippen molar-refractivity contribution in [2.45, 2.75) is 0 Å². The molecule has 0 atom stereocenters. The summed E-state index contributed by atoms with van der Waals surface area (Å²) in [6, 6.07) is 7.70. The van der Waals surface area contributed by atoms with E-state index in [0.717, 1.165) is 21.9 Å². The van der Waals surface area contributed by atoms with Crippen molar-refractivity contribution in [3.63, 3.8) is 0 Å². The quantitative estimate of drug-likeness (QED) is 0.642. The Morgan fingerprint density at radius 3 is 2.69 bits per heavy atom. The van der Waals surface area contributed by atoms with Crippen molar-refractivity contribution in [2.75, 3.05) is 0 Å². The van der Waals surface area contributed by atoms with Crippen molar-refractivity contribution in [3.05, 3.63) is 54.1 Å². The van der Waals surface area contributed by atoms with Gasteiger partial charge in [-0.15, -0.1) is 0 Å². The summed E-state index contributed by atoms with van der Waals surface area (Å²) >= 11 is 5.86. The first-order chi connectivity index (χ1) is 7.84. The molecule has 0 saturated heterocycles. The SMILES string of the molecule is Clc1ccc(-c2cnc3cnccn23)cc1. The second-order valence-electron chi connectivity index (χ2n) is 3.45. The molecule has 2 aromatic heterocycles. The molecule has 4 heteroatoms. The summed E-state index contributed by atoms with van der Waals surface area (Å²) in [5.41, 5.74) is 2.96. The van der Waals surface area contributed by atoms with Gasteiger partial charge in [-0.05, 0) is 12.1 Å². The molecule has 0 unspecified atom stereocenters. The molecule has 0 aliphatic rings. The maximum atomic E-state index is 5.86. The smallest absolute Gasteiger partial charge is 0.155 e. The first-order valence-corrected chi connectivity index (χ1v) is 5.25. The number of fused-ring (bicyclic) bond motifs is 1. The van der Waals surface area contributed by atoms with Gasteiger partial charge >= 0.3 is 0 Å². The Hall–Kier alpha value is -1.87. The lowest BCUT2D eigenvalue weighted by Crippen LogP contribution is -1.87. The molecule has 16 heavy (non-hydrogen) atoms. The Balaban J connectivity index is 2.22. The van der Waals surface area contributed by atoms with E-state index in [1.807, 2.05) is 41.1 Å². The van der Waals surface area contributed by atoms with Gasteiger partial charge < -0.3 is 0 Å². The van der Waals surface area contributed by atoms with E-state index in [1.165, 1.54) is 0 Å². The lowest BCUT2D eigenvalue weighted by molar-refractivity contribution is 1.13. The second-order valence-corrected chi connectivity index (χ2v) is 3.89. The van der Waals surface area contributed by atoms with Gasteiger partial charge in [0, 0.05) is 23.0 Å². The third kappa shape index (κ3) is 1.46. The van der Waals surface area contributed by atoms with Gasteiger partial charge in [0.05, 0.1) is 18.1 Å². The van der Waals surface area contributed by atoms with Crippen LogP contribution in [0, 0.1) is 0 Å².